The number of ether oxygens (including phenoxy) is 2. The van der Waals surface area contributed by atoms with Crippen LogP contribution in [0.4, 0.5) is 21.8 Å². The Hall–Kier alpha value is -3.31. The topological polar surface area (TPSA) is 91.4 Å². The van der Waals surface area contributed by atoms with Crippen LogP contribution in [-0.2, 0) is 22.6 Å². The summed E-state index contributed by atoms with van der Waals surface area (Å²) < 4.78 is 25.5. The van der Waals surface area contributed by atoms with Gasteiger partial charge in [0.05, 0.1) is 37.6 Å². The minimum Gasteiger partial charge on any atom is -0.379 e. The average Bonchev–Trinajstić information content (AvgIpc) is 3.39. The second-order valence-electron chi connectivity index (χ2n) is 9.74. The molecule has 0 amide bonds. The van der Waals surface area contributed by atoms with Crippen LogP contribution in [0.25, 0.3) is 22.2 Å². The maximum absolute atomic E-state index is 14.5. The average molecular weight is 552 g/mol. The Balaban J connectivity index is 1.34. The largest absolute Gasteiger partial charge is 0.379 e. The molecule has 6 rings (SSSR count). The molecule has 2 aliphatic rings. The van der Waals surface area contributed by atoms with Crippen LogP contribution < -0.4 is 10.2 Å². The maximum Gasteiger partial charge on any atom is 0.228 e. The molecule has 2 aliphatic heterocycles. The van der Waals surface area contributed by atoms with Gasteiger partial charge < -0.3 is 19.7 Å². The number of alkyl halides is 1. The van der Waals surface area contributed by atoms with Crippen molar-refractivity contribution in [2.24, 2.45) is 0 Å². The summed E-state index contributed by atoms with van der Waals surface area (Å²) in [5.41, 5.74) is 4.55. The highest BCUT2D eigenvalue weighted by atomic mass is 35.5. The molecule has 9 nitrogen and oxygen atoms in total. The summed E-state index contributed by atoms with van der Waals surface area (Å²) in [5, 5.41) is 12.7. The molecular weight excluding hydrogens is 521 g/mol. The van der Waals surface area contributed by atoms with E-state index >= 15 is 0 Å². The highest BCUT2D eigenvalue weighted by Crippen LogP contribution is 2.32. The Morgan fingerprint density at radius 3 is 2.44 bits per heavy atom. The molecule has 0 atom stereocenters. The maximum atomic E-state index is 14.5. The molecule has 2 aromatic carbocycles. The number of hydrogen-bond donors (Lipinski definition) is 2. The molecule has 2 fully saturated rings. The molecule has 0 unspecified atom stereocenters. The Morgan fingerprint density at radius 2 is 1.69 bits per heavy atom. The van der Waals surface area contributed by atoms with Crippen LogP contribution in [0.5, 0.6) is 0 Å². The van der Waals surface area contributed by atoms with Gasteiger partial charge in [0.25, 0.3) is 0 Å². The summed E-state index contributed by atoms with van der Waals surface area (Å²) in [5.74, 6) is 1.19. The quantitative estimate of drug-likeness (QED) is 0.328. The fourth-order valence-corrected chi connectivity index (χ4v) is 5.14. The SMILES string of the molecule is FCc1cc2c(CCN3CCOCC3)[nH]nc2cc1-c1cc(Nc2ccc(Cl)cc2)nc(N2CCOCC2)n1. The van der Waals surface area contributed by atoms with Crippen molar-refractivity contribution in [3.05, 3.63) is 58.7 Å². The summed E-state index contributed by atoms with van der Waals surface area (Å²) in [6.45, 7) is 6.26. The van der Waals surface area contributed by atoms with E-state index in [0.717, 1.165) is 61.6 Å². The number of morpholine rings is 2. The second-order valence-corrected chi connectivity index (χ2v) is 10.2. The number of halogens is 2. The zero-order valence-electron chi connectivity index (χ0n) is 21.6. The summed E-state index contributed by atoms with van der Waals surface area (Å²) in [7, 11) is 0. The van der Waals surface area contributed by atoms with Crippen LogP contribution in [0.15, 0.2) is 42.5 Å². The zero-order valence-corrected chi connectivity index (χ0v) is 22.4. The third kappa shape index (κ3) is 5.99. The van der Waals surface area contributed by atoms with Crippen LogP contribution in [0.2, 0.25) is 5.02 Å². The van der Waals surface area contributed by atoms with E-state index < -0.39 is 6.67 Å². The van der Waals surface area contributed by atoms with Gasteiger partial charge in [-0.3, -0.25) is 10.00 Å². The summed E-state index contributed by atoms with van der Waals surface area (Å²) in [6, 6.07) is 13.1. The van der Waals surface area contributed by atoms with E-state index in [0.29, 0.717) is 59.9 Å². The third-order valence-electron chi connectivity index (χ3n) is 7.18. The highest BCUT2D eigenvalue weighted by Gasteiger charge is 2.20. The molecule has 0 spiro atoms. The van der Waals surface area contributed by atoms with E-state index in [1.807, 2.05) is 42.5 Å². The first-order valence-corrected chi connectivity index (χ1v) is 13.6. The number of rotatable bonds is 8. The van der Waals surface area contributed by atoms with Crippen LogP contribution in [0, 0.1) is 0 Å². The molecule has 204 valence electrons. The lowest BCUT2D eigenvalue weighted by atomic mass is 10.0. The van der Waals surface area contributed by atoms with E-state index in [-0.39, 0.29) is 0 Å². The highest BCUT2D eigenvalue weighted by molar-refractivity contribution is 6.30. The number of nitrogens with one attached hydrogen (secondary N) is 2. The normalized spacial score (nSPS) is 16.6. The molecule has 0 aliphatic carbocycles. The zero-order chi connectivity index (χ0) is 26.6. The molecule has 4 aromatic rings. The van der Waals surface area contributed by atoms with Gasteiger partial charge in [-0.1, -0.05) is 11.6 Å². The molecular formula is C28H31ClFN7O2. The van der Waals surface area contributed by atoms with Crippen LogP contribution in [-0.4, -0.2) is 84.2 Å². The van der Waals surface area contributed by atoms with Gasteiger partial charge >= 0.3 is 0 Å². The predicted octanol–water partition coefficient (Wildman–Crippen LogP) is 4.60. The molecule has 2 saturated heterocycles. The molecule has 2 N–H and O–H groups in total. The first kappa shape index (κ1) is 25.9. The molecule has 0 radical (unpaired) electrons. The van der Waals surface area contributed by atoms with E-state index in [4.69, 9.17) is 31.0 Å². The molecule has 0 saturated carbocycles. The van der Waals surface area contributed by atoms with Gasteiger partial charge in [0.15, 0.2) is 0 Å². The third-order valence-corrected chi connectivity index (χ3v) is 7.44. The number of benzene rings is 2. The van der Waals surface area contributed by atoms with Gasteiger partial charge in [0, 0.05) is 72.6 Å². The first-order valence-electron chi connectivity index (χ1n) is 13.3. The monoisotopic (exact) mass is 551 g/mol. The minimum absolute atomic E-state index is 0.570. The Morgan fingerprint density at radius 1 is 0.949 bits per heavy atom. The fourth-order valence-electron chi connectivity index (χ4n) is 5.01. The molecule has 39 heavy (non-hydrogen) atoms. The number of H-pyrrole nitrogens is 1. The lowest BCUT2D eigenvalue weighted by Crippen LogP contribution is -2.37. The molecule has 11 heteroatoms. The van der Waals surface area contributed by atoms with Crippen LogP contribution in [0.3, 0.4) is 0 Å². The lowest BCUT2D eigenvalue weighted by molar-refractivity contribution is 0.0384. The number of anilines is 3. The van der Waals surface area contributed by atoms with Gasteiger partial charge in [-0.25, -0.2) is 9.37 Å². The van der Waals surface area contributed by atoms with E-state index in [2.05, 4.69) is 25.3 Å². The number of fused-ring (bicyclic) bond motifs is 1. The minimum atomic E-state index is -0.615. The van der Waals surface area contributed by atoms with Crippen molar-refractivity contribution in [2.45, 2.75) is 13.1 Å². The molecule has 0 bridgehead atoms. The summed E-state index contributed by atoms with van der Waals surface area (Å²) in [6.07, 6.45) is 0.811. The van der Waals surface area contributed by atoms with Gasteiger partial charge in [-0.2, -0.15) is 10.1 Å². The van der Waals surface area contributed by atoms with Gasteiger partial charge in [-0.15, -0.1) is 0 Å². The number of hydrogen-bond acceptors (Lipinski definition) is 8. The summed E-state index contributed by atoms with van der Waals surface area (Å²) >= 11 is 6.07. The van der Waals surface area contributed by atoms with Gasteiger partial charge in [0.1, 0.15) is 12.5 Å². The van der Waals surface area contributed by atoms with Crippen molar-refractivity contribution in [1.29, 1.82) is 0 Å². The number of aromatic nitrogens is 4. The van der Waals surface area contributed by atoms with E-state index in [1.54, 1.807) is 0 Å². The van der Waals surface area contributed by atoms with Crippen molar-refractivity contribution in [2.75, 3.05) is 69.4 Å². The second kappa shape index (κ2) is 11.8. The smallest absolute Gasteiger partial charge is 0.228 e. The van der Waals surface area contributed by atoms with Crippen LogP contribution >= 0.6 is 11.6 Å². The van der Waals surface area contributed by atoms with E-state index in [9.17, 15) is 4.39 Å². The van der Waals surface area contributed by atoms with Gasteiger partial charge in [0.2, 0.25) is 5.95 Å². The van der Waals surface area contributed by atoms with Crippen LogP contribution in [0.1, 0.15) is 11.3 Å². The van der Waals surface area contributed by atoms with Crippen molar-refractivity contribution < 1.29 is 13.9 Å². The Kier molecular flexibility index (Phi) is 7.87. The Labute approximate surface area is 231 Å². The number of aromatic amines is 1. The molecule has 2 aromatic heterocycles. The Bertz CT molecular complexity index is 1420. The fraction of sp³-hybridized carbons (Fsp3) is 0.393. The van der Waals surface area contributed by atoms with Crippen molar-refractivity contribution in [1.82, 2.24) is 25.1 Å². The van der Waals surface area contributed by atoms with Crippen molar-refractivity contribution >= 4 is 40.0 Å². The molecule has 4 heterocycles. The lowest BCUT2D eigenvalue weighted by Gasteiger charge is -2.27. The summed E-state index contributed by atoms with van der Waals surface area (Å²) in [4.78, 5) is 14.1. The van der Waals surface area contributed by atoms with E-state index in [1.165, 1.54) is 0 Å². The standard InChI is InChI=1S/C28H31ClFN7O2/c29-20-1-3-21(4-2-20)31-27-17-25(32-28(33-27)37-9-13-39-14-10-37)22-16-26-23(15-19(22)18-30)24(34-35-26)5-6-36-7-11-38-12-8-36/h1-4,15-17H,5-14,18H2,(H,34,35)(H,31,32,33). The predicted molar refractivity (Wildman–Crippen MR) is 151 cm³/mol. The number of nitrogens with zero attached hydrogens (tertiary/aromatic N) is 5. The van der Waals surface area contributed by atoms with Crippen molar-refractivity contribution in [3.63, 3.8) is 0 Å². The first-order chi connectivity index (χ1) is 19.2. The van der Waals surface area contributed by atoms with Gasteiger partial charge in [-0.05, 0) is 42.0 Å². The van der Waals surface area contributed by atoms with Crippen molar-refractivity contribution in [3.8, 4) is 11.3 Å².